The van der Waals surface area contributed by atoms with Crippen LogP contribution in [0.1, 0.15) is 24.0 Å². The maximum Gasteiger partial charge on any atom is 0.133 e. The monoisotopic (exact) mass is 374 g/mol. The molecule has 0 fully saturated rings. The van der Waals surface area contributed by atoms with Gasteiger partial charge in [-0.1, -0.05) is 29.8 Å². The van der Waals surface area contributed by atoms with Crippen LogP contribution in [0.4, 0.5) is 4.39 Å². The number of aryl methyl sites for hydroxylation is 1. The van der Waals surface area contributed by atoms with E-state index in [1.54, 1.807) is 6.07 Å². The Hall–Kier alpha value is -0.570. The number of hydrogen-bond donors (Lipinski definition) is 0. The Morgan fingerprint density at radius 1 is 1.10 bits per heavy atom. The molecular weight excluding hydrogens is 362 g/mol. The summed E-state index contributed by atoms with van der Waals surface area (Å²) >= 11 is 9.32. The molecule has 4 heteroatoms. The molecule has 0 atom stereocenters. The molecule has 106 valence electrons. The number of hydrogen-bond acceptors (Lipinski definition) is 0. The SMILES string of the molecule is Cl.Fc1cc(Cl)cc(Br)c1-c1cccc2c1CCCC2. The average Bonchev–Trinajstić information content (AvgIpc) is 2.38. The predicted octanol–water partition coefficient (Wildman–Crippen LogP) is 6.21. The van der Waals surface area contributed by atoms with Crippen LogP contribution >= 0.6 is 39.9 Å². The molecule has 0 amide bonds. The van der Waals surface area contributed by atoms with Crippen LogP contribution in [0.25, 0.3) is 11.1 Å². The Labute approximate surface area is 137 Å². The van der Waals surface area contributed by atoms with Crippen molar-refractivity contribution in [3.05, 3.63) is 56.8 Å². The topological polar surface area (TPSA) is 0 Å². The second-order valence-corrected chi connectivity index (χ2v) is 6.19. The van der Waals surface area contributed by atoms with Crippen molar-refractivity contribution in [3.8, 4) is 11.1 Å². The molecule has 0 radical (unpaired) electrons. The fourth-order valence-corrected chi connectivity index (χ4v) is 3.80. The third-order valence-electron chi connectivity index (χ3n) is 3.67. The summed E-state index contributed by atoms with van der Waals surface area (Å²) in [6.45, 7) is 0. The van der Waals surface area contributed by atoms with Crippen LogP contribution < -0.4 is 0 Å². The first-order valence-corrected chi connectivity index (χ1v) is 7.59. The number of fused-ring (bicyclic) bond motifs is 1. The molecule has 0 saturated heterocycles. The van der Waals surface area contributed by atoms with E-state index in [9.17, 15) is 4.39 Å². The van der Waals surface area contributed by atoms with Crippen LogP contribution in [0.3, 0.4) is 0 Å². The van der Waals surface area contributed by atoms with Crippen LogP contribution in [0, 0.1) is 5.82 Å². The zero-order chi connectivity index (χ0) is 13.4. The summed E-state index contributed by atoms with van der Waals surface area (Å²) in [5.74, 6) is -0.265. The standard InChI is InChI=1S/C16H13BrClF.ClH/c17-14-8-11(18)9-15(19)16(14)13-7-3-5-10-4-1-2-6-12(10)13;/h3,5,7-9H,1-2,4,6H2;1H. The average molecular weight is 376 g/mol. The molecule has 0 bridgehead atoms. The maximum absolute atomic E-state index is 14.3. The smallest absolute Gasteiger partial charge is 0.133 e. The van der Waals surface area contributed by atoms with Gasteiger partial charge in [0.2, 0.25) is 0 Å². The van der Waals surface area contributed by atoms with Gasteiger partial charge in [0.15, 0.2) is 0 Å². The minimum atomic E-state index is -0.265. The zero-order valence-corrected chi connectivity index (χ0v) is 13.9. The third-order valence-corrected chi connectivity index (χ3v) is 4.52. The van der Waals surface area contributed by atoms with E-state index in [1.807, 2.05) is 12.1 Å². The molecule has 1 aliphatic carbocycles. The fraction of sp³-hybridized carbons (Fsp3) is 0.250. The first-order chi connectivity index (χ1) is 9.16. The van der Waals surface area contributed by atoms with E-state index in [0.717, 1.165) is 22.9 Å². The minimum absolute atomic E-state index is 0. The Balaban J connectivity index is 0.00000147. The van der Waals surface area contributed by atoms with E-state index in [2.05, 4.69) is 22.0 Å². The van der Waals surface area contributed by atoms with Gasteiger partial charge in [-0.15, -0.1) is 12.4 Å². The van der Waals surface area contributed by atoms with Crippen LogP contribution in [0.2, 0.25) is 5.02 Å². The second kappa shape index (κ2) is 6.46. The largest absolute Gasteiger partial charge is 0.206 e. The molecule has 20 heavy (non-hydrogen) atoms. The lowest BCUT2D eigenvalue weighted by Gasteiger charge is -2.20. The van der Waals surface area contributed by atoms with Crippen LogP contribution in [0.5, 0.6) is 0 Å². The minimum Gasteiger partial charge on any atom is -0.206 e. The van der Waals surface area contributed by atoms with Gasteiger partial charge in [0.25, 0.3) is 0 Å². The molecule has 3 rings (SSSR count). The second-order valence-electron chi connectivity index (χ2n) is 4.89. The molecule has 0 spiro atoms. The predicted molar refractivity (Wildman–Crippen MR) is 88.4 cm³/mol. The van der Waals surface area contributed by atoms with Crippen molar-refractivity contribution >= 4 is 39.9 Å². The van der Waals surface area contributed by atoms with Gasteiger partial charge in [-0.05, 0) is 70.4 Å². The van der Waals surface area contributed by atoms with Gasteiger partial charge < -0.3 is 0 Å². The highest BCUT2D eigenvalue weighted by molar-refractivity contribution is 9.10. The fourth-order valence-electron chi connectivity index (χ4n) is 2.82. The Morgan fingerprint density at radius 2 is 1.85 bits per heavy atom. The Kier molecular flexibility index (Phi) is 5.11. The van der Waals surface area contributed by atoms with E-state index >= 15 is 0 Å². The van der Waals surface area contributed by atoms with Crippen molar-refractivity contribution in [1.29, 1.82) is 0 Å². The molecule has 0 aliphatic heterocycles. The highest BCUT2D eigenvalue weighted by Crippen LogP contribution is 2.38. The maximum atomic E-state index is 14.3. The van der Waals surface area contributed by atoms with E-state index in [4.69, 9.17) is 11.6 Å². The molecule has 2 aromatic carbocycles. The lowest BCUT2D eigenvalue weighted by molar-refractivity contribution is 0.629. The van der Waals surface area contributed by atoms with Gasteiger partial charge in [0, 0.05) is 15.1 Å². The molecule has 1 aliphatic rings. The zero-order valence-electron chi connectivity index (χ0n) is 10.8. The van der Waals surface area contributed by atoms with Crippen LogP contribution in [-0.4, -0.2) is 0 Å². The van der Waals surface area contributed by atoms with Crippen molar-refractivity contribution < 1.29 is 4.39 Å². The molecular formula is C16H14BrCl2F. The van der Waals surface area contributed by atoms with E-state index in [-0.39, 0.29) is 18.2 Å². The van der Waals surface area contributed by atoms with E-state index in [0.29, 0.717) is 10.6 Å². The molecule has 0 heterocycles. The quantitative estimate of drug-likeness (QED) is 0.555. The summed E-state index contributed by atoms with van der Waals surface area (Å²) < 4.78 is 15.0. The van der Waals surface area contributed by atoms with Crippen molar-refractivity contribution in [2.45, 2.75) is 25.7 Å². The van der Waals surface area contributed by atoms with Crippen LogP contribution in [0.15, 0.2) is 34.8 Å². The van der Waals surface area contributed by atoms with E-state index in [1.165, 1.54) is 30.0 Å². The molecule has 0 unspecified atom stereocenters. The number of halogens is 4. The molecule has 0 N–H and O–H groups in total. The first kappa shape index (κ1) is 15.8. The van der Waals surface area contributed by atoms with E-state index < -0.39 is 0 Å². The Bertz CT molecular complexity index is 617. The van der Waals surface area contributed by atoms with Crippen molar-refractivity contribution in [3.63, 3.8) is 0 Å². The number of benzene rings is 2. The third kappa shape index (κ3) is 2.88. The van der Waals surface area contributed by atoms with Crippen molar-refractivity contribution in [2.75, 3.05) is 0 Å². The highest BCUT2D eigenvalue weighted by Gasteiger charge is 2.18. The molecule has 0 saturated carbocycles. The molecule has 2 aromatic rings. The van der Waals surface area contributed by atoms with Crippen molar-refractivity contribution in [1.82, 2.24) is 0 Å². The summed E-state index contributed by atoms with van der Waals surface area (Å²) in [7, 11) is 0. The summed E-state index contributed by atoms with van der Waals surface area (Å²) in [6.07, 6.45) is 4.52. The first-order valence-electron chi connectivity index (χ1n) is 6.42. The highest BCUT2D eigenvalue weighted by atomic mass is 79.9. The van der Waals surface area contributed by atoms with Gasteiger partial charge in [0.1, 0.15) is 5.82 Å². The summed E-state index contributed by atoms with van der Waals surface area (Å²) in [4.78, 5) is 0. The Morgan fingerprint density at radius 3 is 2.60 bits per heavy atom. The lowest BCUT2D eigenvalue weighted by Crippen LogP contribution is -2.05. The lowest BCUT2D eigenvalue weighted by atomic mass is 9.86. The van der Waals surface area contributed by atoms with Crippen LogP contribution in [-0.2, 0) is 12.8 Å². The molecule has 0 aromatic heterocycles. The summed E-state index contributed by atoms with van der Waals surface area (Å²) in [5, 5.41) is 0.415. The van der Waals surface area contributed by atoms with Crippen molar-refractivity contribution in [2.24, 2.45) is 0 Å². The van der Waals surface area contributed by atoms with Gasteiger partial charge >= 0.3 is 0 Å². The van der Waals surface area contributed by atoms with Gasteiger partial charge in [-0.25, -0.2) is 4.39 Å². The molecule has 0 nitrogen and oxygen atoms in total. The van der Waals surface area contributed by atoms with Gasteiger partial charge in [-0.3, -0.25) is 0 Å². The normalized spacial score (nSPS) is 13.6. The summed E-state index contributed by atoms with van der Waals surface area (Å²) in [6, 6.07) is 9.30. The van der Waals surface area contributed by atoms with Gasteiger partial charge in [-0.2, -0.15) is 0 Å². The summed E-state index contributed by atoms with van der Waals surface area (Å²) in [5.41, 5.74) is 4.27. The number of rotatable bonds is 1. The van der Waals surface area contributed by atoms with Gasteiger partial charge in [0.05, 0.1) is 0 Å².